The molecule has 1 atom stereocenters. The average molecular weight is 363 g/mol. The van der Waals surface area contributed by atoms with Crippen LogP contribution in [0.1, 0.15) is 30.1 Å². The van der Waals surface area contributed by atoms with Crippen molar-refractivity contribution >= 4 is 0 Å². The molecule has 2 aromatic rings. The molecule has 0 amide bonds. The molecule has 2 N–H and O–H groups in total. The van der Waals surface area contributed by atoms with Crippen LogP contribution in [0, 0.1) is 11.6 Å². The van der Waals surface area contributed by atoms with Gasteiger partial charge in [0.05, 0.1) is 18.8 Å². The van der Waals surface area contributed by atoms with Crippen molar-refractivity contribution in [2.75, 3.05) is 26.7 Å². The summed E-state index contributed by atoms with van der Waals surface area (Å²) in [6.07, 6.45) is 0.0815. The lowest BCUT2D eigenvalue weighted by Crippen LogP contribution is -2.44. The van der Waals surface area contributed by atoms with E-state index in [-0.39, 0.29) is 0 Å². The van der Waals surface area contributed by atoms with Gasteiger partial charge < -0.3 is 19.8 Å². The summed E-state index contributed by atoms with van der Waals surface area (Å²) in [5, 5.41) is 21.3. The van der Waals surface area contributed by atoms with Crippen LogP contribution < -0.4 is 4.74 Å². The predicted molar refractivity (Wildman–Crippen MR) is 93.9 cm³/mol. The van der Waals surface area contributed by atoms with Gasteiger partial charge in [-0.15, -0.1) is 0 Å². The van der Waals surface area contributed by atoms with Gasteiger partial charge in [0.15, 0.2) is 11.6 Å². The average Bonchev–Trinajstić information content (AvgIpc) is 2.66. The third-order valence-corrected chi connectivity index (χ3v) is 5.05. The van der Waals surface area contributed by atoms with Crippen LogP contribution in [0.2, 0.25) is 0 Å². The molecule has 2 aromatic carbocycles. The minimum Gasteiger partial charge on any atom is -0.496 e. The molecule has 4 nitrogen and oxygen atoms in total. The van der Waals surface area contributed by atoms with Crippen molar-refractivity contribution in [2.45, 2.75) is 24.5 Å². The zero-order valence-corrected chi connectivity index (χ0v) is 14.7. The minimum atomic E-state index is -0.976. The first kappa shape index (κ1) is 18.8. The maximum absolute atomic E-state index is 13.3. The number of methoxy groups -OCH3 is 1. The van der Waals surface area contributed by atoms with E-state index in [9.17, 15) is 19.0 Å². The number of β-amino-alcohol motifs (C(OH)–C–C–N with tert-alkyl or cyclic N) is 1. The molecule has 1 heterocycles. The lowest BCUT2D eigenvalue weighted by atomic mass is 9.83. The molecular weight excluding hydrogens is 340 g/mol. The van der Waals surface area contributed by atoms with Crippen molar-refractivity contribution in [3.8, 4) is 5.75 Å². The highest BCUT2D eigenvalue weighted by Crippen LogP contribution is 2.38. The second kappa shape index (κ2) is 7.70. The minimum absolute atomic E-state index is 0.299. The van der Waals surface area contributed by atoms with E-state index in [1.165, 1.54) is 6.07 Å². The fourth-order valence-electron chi connectivity index (χ4n) is 3.47. The second-order valence-electron chi connectivity index (χ2n) is 6.72. The highest BCUT2D eigenvalue weighted by molar-refractivity contribution is 5.38. The van der Waals surface area contributed by atoms with Gasteiger partial charge in [-0.25, -0.2) is 8.78 Å². The Hall–Kier alpha value is -2.02. The SMILES string of the molecule is COc1ccccc1C1(O)CCN(CC(O)c2ccc(F)c(F)c2)CC1. The molecule has 0 saturated carbocycles. The summed E-state index contributed by atoms with van der Waals surface area (Å²) in [7, 11) is 1.58. The predicted octanol–water partition coefficient (Wildman–Crippen LogP) is 2.99. The Morgan fingerprint density at radius 2 is 1.81 bits per heavy atom. The van der Waals surface area contributed by atoms with Gasteiger partial charge in [-0.1, -0.05) is 24.3 Å². The standard InChI is InChI=1S/C20H23F2NO3/c1-26-19-5-3-2-4-15(19)20(25)8-10-23(11-9-20)13-18(24)14-6-7-16(21)17(22)12-14/h2-7,12,18,24-25H,8-11,13H2,1H3. The number of benzene rings is 2. The largest absolute Gasteiger partial charge is 0.496 e. The lowest BCUT2D eigenvalue weighted by molar-refractivity contribution is -0.0358. The van der Waals surface area contributed by atoms with Crippen LogP contribution >= 0.6 is 0 Å². The first-order valence-corrected chi connectivity index (χ1v) is 8.64. The summed E-state index contributed by atoms with van der Waals surface area (Å²) >= 11 is 0. The molecule has 0 aromatic heterocycles. The smallest absolute Gasteiger partial charge is 0.159 e. The van der Waals surface area contributed by atoms with E-state index in [0.29, 0.717) is 43.8 Å². The number of piperidine rings is 1. The van der Waals surface area contributed by atoms with Crippen molar-refractivity contribution in [1.82, 2.24) is 4.90 Å². The third kappa shape index (κ3) is 3.87. The zero-order valence-electron chi connectivity index (χ0n) is 14.7. The quantitative estimate of drug-likeness (QED) is 0.858. The molecule has 140 valence electrons. The van der Waals surface area contributed by atoms with Gasteiger partial charge in [0, 0.05) is 25.2 Å². The van der Waals surface area contributed by atoms with E-state index in [2.05, 4.69) is 0 Å². The first-order valence-electron chi connectivity index (χ1n) is 8.64. The third-order valence-electron chi connectivity index (χ3n) is 5.05. The number of aliphatic hydroxyl groups excluding tert-OH is 1. The summed E-state index contributed by atoms with van der Waals surface area (Å²) in [6.45, 7) is 1.46. The van der Waals surface area contributed by atoms with E-state index in [0.717, 1.165) is 17.7 Å². The Labute approximate surface area is 151 Å². The van der Waals surface area contributed by atoms with Crippen LogP contribution in [0.25, 0.3) is 0 Å². The molecule has 1 aliphatic rings. The Kier molecular flexibility index (Phi) is 5.55. The van der Waals surface area contributed by atoms with Gasteiger partial charge in [0.25, 0.3) is 0 Å². The summed E-state index contributed by atoms with van der Waals surface area (Å²) in [4.78, 5) is 2.01. The van der Waals surface area contributed by atoms with E-state index in [1.807, 2.05) is 29.2 Å². The van der Waals surface area contributed by atoms with Crippen molar-refractivity contribution in [1.29, 1.82) is 0 Å². The van der Waals surface area contributed by atoms with E-state index in [4.69, 9.17) is 4.74 Å². The van der Waals surface area contributed by atoms with Gasteiger partial charge >= 0.3 is 0 Å². The number of para-hydroxylation sites is 1. The molecule has 1 fully saturated rings. The molecule has 3 rings (SSSR count). The van der Waals surface area contributed by atoms with Crippen LogP contribution in [0.4, 0.5) is 8.78 Å². The summed E-state index contributed by atoms with van der Waals surface area (Å²) in [6, 6.07) is 10.9. The molecule has 0 radical (unpaired) electrons. The van der Waals surface area contributed by atoms with Gasteiger partial charge in [0.2, 0.25) is 0 Å². The lowest BCUT2D eigenvalue weighted by Gasteiger charge is -2.39. The van der Waals surface area contributed by atoms with E-state index >= 15 is 0 Å². The van der Waals surface area contributed by atoms with Crippen molar-refractivity contribution in [2.24, 2.45) is 0 Å². The summed E-state index contributed by atoms with van der Waals surface area (Å²) in [5.74, 6) is -1.24. The Morgan fingerprint density at radius 1 is 1.12 bits per heavy atom. The van der Waals surface area contributed by atoms with E-state index < -0.39 is 23.3 Å². The maximum Gasteiger partial charge on any atom is 0.159 e. The van der Waals surface area contributed by atoms with Gasteiger partial charge in [0.1, 0.15) is 5.75 Å². The second-order valence-corrected chi connectivity index (χ2v) is 6.72. The zero-order chi connectivity index (χ0) is 18.7. The Balaban J connectivity index is 1.63. The van der Waals surface area contributed by atoms with Crippen LogP contribution in [0.15, 0.2) is 42.5 Å². The monoisotopic (exact) mass is 363 g/mol. The highest BCUT2D eigenvalue weighted by atomic mass is 19.2. The fraction of sp³-hybridized carbons (Fsp3) is 0.400. The van der Waals surface area contributed by atoms with Crippen LogP contribution in [-0.2, 0) is 5.60 Å². The fourth-order valence-corrected chi connectivity index (χ4v) is 3.47. The number of hydrogen-bond donors (Lipinski definition) is 2. The topological polar surface area (TPSA) is 52.9 Å². The number of halogens is 2. The van der Waals surface area contributed by atoms with Crippen molar-refractivity contribution < 1.29 is 23.7 Å². The number of nitrogens with zero attached hydrogens (tertiary/aromatic N) is 1. The molecule has 0 bridgehead atoms. The maximum atomic E-state index is 13.3. The molecule has 1 saturated heterocycles. The van der Waals surface area contributed by atoms with Crippen LogP contribution in [0.3, 0.4) is 0 Å². The molecule has 1 unspecified atom stereocenters. The van der Waals surface area contributed by atoms with Crippen LogP contribution in [0.5, 0.6) is 5.75 Å². The molecule has 0 aliphatic carbocycles. The number of hydrogen-bond acceptors (Lipinski definition) is 4. The Bertz CT molecular complexity index is 760. The highest BCUT2D eigenvalue weighted by Gasteiger charge is 2.36. The normalized spacial score (nSPS) is 18.5. The van der Waals surface area contributed by atoms with Gasteiger partial charge in [-0.2, -0.15) is 0 Å². The Morgan fingerprint density at radius 3 is 2.46 bits per heavy atom. The van der Waals surface area contributed by atoms with E-state index in [1.54, 1.807) is 7.11 Å². The van der Waals surface area contributed by atoms with Gasteiger partial charge in [-0.05, 0) is 36.6 Å². The summed E-state index contributed by atoms with van der Waals surface area (Å²) < 4.78 is 31.7. The molecule has 0 spiro atoms. The molecular formula is C20H23F2NO3. The number of ether oxygens (including phenoxy) is 1. The molecule has 6 heteroatoms. The van der Waals surface area contributed by atoms with Crippen molar-refractivity contribution in [3.63, 3.8) is 0 Å². The van der Waals surface area contributed by atoms with Crippen molar-refractivity contribution in [3.05, 3.63) is 65.2 Å². The van der Waals surface area contributed by atoms with Crippen LogP contribution in [-0.4, -0.2) is 41.9 Å². The molecule has 1 aliphatic heterocycles. The number of likely N-dealkylation sites (tertiary alicyclic amines) is 1. The number of aliphatic hydroxyl groups is 2. The first-order chi connectivity index (χ1) is 12.4. The number of rotatable bonds is 5. The summed E-state index contributed by atoms with van der Waals surface area (Å²) in [5.41, 5.74) is 0.133. The molecule has 26 heavy (non-hydrogen) atoms. The van der Waals surface area contributed by atoms with Gasteiger partial charge in [-0.3, -0.25) is 0 Å².